The Labute approximate surface area is 176 Å². The van der Waals surface area contributed by atoms with E-state index in [9.17, 15) is 27.6 Å². The van der Waals surface area contributed by atoms with Gasteiger partial charge in [0.05, 0.1) is 12.0 Å². The largest absolute Gasteiger partial charge is 0.490 e. The first-order chi connectivity index (χ1) is 14.0. The van der Waals surface area contributed by atoms with Gasteiger partial charge >= 0.3 is 24.1 Å². The van der Waals surface area contributed by atoms with Crippen LogP contribution in [0, 0.1) is 0 Å². The standard InChI is InChI=1S/C15H17NO5S2.C2HF3O2/c17-13(18)5-7-22-23-8-6-16-14(19)12-9-10-3-1-2-4-11(10)15(20)21-12;3-2(4,5)1(6)7/h1-4,12H,5-9H2,(H,16,19)(H,17,18);(H,6,7). The van der Waals surface area contributed by atoms with E-state index in [1.807, 2.05) is 12.1 Å². The van der Waals surface area contributed by atoms with E-state index in [1.165, 1.54) is 21.6 Å². The van der Waals surface area contributed by atoms with E-state index in [4.69, 9.17) is 19.7 Å². The number of hydrogen-bond acceptors (Lipinski definition) is 7. The summed E-state index contributed by atoms with van der Waals surface area (Å²) in [6.07, 6.45) is -5.36. The van der Waals surface area contributed by atoms with Crippen LogP contribution in [-0.2, 0) is 25.5 Å². The second-order valence-electron chi connectivity index (χ2n) is 5.64. The van der Waals surface area contributed by atoms with Crippen LogP contribution in [0.2, 0.25) is 0 Å². The number of amides is 1. The number of fused-ring (bicyclic) bond motifs is 1. The van der Waals surface area contributed by atoms with Crippen molar-refractivity contribution in [3.63, 3.8) is 0 Å². The summed E-state index contributed by atoms with van der Waals surface area (Å²) >= 11 is 0. The predicted molar refractivity (Wildman–Crippen MR) is 103 cm³/mol. The Kier molecular flexibility index (Phi) is 10.5. The summed E-state index contributed by atoms with van der Waals surface area (Å²) in [6.45, 7) is 0.444. The van der Waals surface area contributed by atoms with Gasteiger partial charge in [-0.1, -0.05) is 39.8 Å². The van der Waals surface area contributed by atoms with Crippen LogP contribution in [0.25, 0.3) is 0 Å². The maximum atomic E-state index is 12.0. The zero-order valence-corrected chi connectivity index (χ0v) is 16.9. The SMILES string of the molecule is O=C(O)C(F)(F)F.O=C(O)CCSSCCNC(=O)C1Cc2ccccc2C(=O)O1. The van der Waals surface area contributed by atoms with Crippen molar-refractivity contribution < 1.29 is 47.3 Å². The molecule has 0 radical (unpaired) electrons. The van der Waals surface area contributed by atoms with Gasteiger partial charge in [-0.05, 0) is 11.6 Å². The van der Waals surface area contributed by atoms with Gasteiger partial charge in [0.2, 0.25) is 0 Å². The molecule has 1 heterocycles. The van der Waals surface area contributed by atoms with Crippen LogP contribution in [0.3, 0.4) is 0 Å². The van der Waals surface area contributed by atoms with E-state index < -0.39 is 30.2 Å². The van der Waals surface area contributed by atoms with Crippen LogP contribution in [-0.4, -0.2) is 64.4 Å². The Hall–Kier alpha value is -2.41. The molecule has 1 amide bonds. The number of cyclic esters (lactones) is 1. The van der Waals surface area contributed by atoms with Crippen LogP contribution in [0.4, 0.5) is 13.2 Å². The second-order valence-corrected chi connectivity index (χ2v) is 8.34. The predicted octanol–water partition coefficient (Wildman–Crippen LogP) is 2.37. The first-order valence-corrected chi connectivity index (χ1v) is 10.8. The summed E-state index contributed by atoms with van der Waals surface area (Å²) in [5.74, 6) is -3.15. The Bertz CT molecular complexity index is 774. The fraction of sp³-hybridized carbons (Fsp3) is 0.412. The Morgan fingerprint density at radius 3 is 2.33 bits per heavy atom. The molecule has 0 spiro atoms. The molecule has 166 valence electrons. The van der Waals surface area contributed by atoms with Crippen LogP contribution in [0.5, 0.6) is 0 Å². The molecule has 1 aliphatic heterocycles. The van der Waals surface area contributed by atoms with Gasteiger partial charge in [0.25, 0.3) is 5.91 Å². The zero-order valence-electron chi connectivity index (χ0n) is 15.3. The number of carbonyl (C=O) groups is 4. The van der Waals surface area contributed by atoms with E-state index in [0.29, 0.717) is 30.0 Å². The summed E-state index contributed by atoms with van der Waals surface area (Å²) in [6, 6.07) is 7.11. The average Bonchev–Trinajstić information content (AvgIpc) is 2.66. The molecule has 2 rings (SSSR count). The number of ether oxygens (including phenoxy) is 1. The minimum absolute atomic E-state index is 0.126. The van der Waals surface area contributed by atoms with E-state index in [-0.39, 0.29) is 12.3 Å². The molecule has 0 fully saturated rings. The smallest absolute Gasteiger partial charge is 0.481 e. The number of aliphatic carboxylic acids is 2. The monoisotopic (exact) mass is 469 g/mol. The lowest BCUT2D eigenvalue weighted by Crippen LogP contribution is -2.42. The third-order valence-corrected chi connectivity index (χ3v) is 5.80. The fourth-order valence-corrected chi connectivity index (χ4v) is 3.94. The van der Waals surface area contributed by atoms with Crippen LogP contribution >= 0.6 is 21.6 Å². The average molecular weight is 469 g/mol. The molecule has 0 saturated heterocycles. The van der Waals surface area contributed by atoms with Gasteiger partial charge in [-0.25, -0.2) is 9.59 Å². The normalized spacial score (nSPS) is 15.2. The molecule has 1 unspecified atom stereocenters. The number of benzene rings is 1. The molecular formula is C17H18F3NO7S2. The minimum Gasteiger partial charge on any atom is -0.481 e. The summed E-state index contributed by atoms with van der Waals surface area (Å²) in [7, 11) is 2.96. The van der Waals surface area contributed by atoms with Gasteiger partial charge in [-0.3, -0.25) is 9.59 Å². The highest BCUT2D eigenvalue weighted by atomic mass is 33.1. The van der Waals surface area contributed by atoms with E-state index in [0.717, 1.165) is 5.56 Å². The Morgan fingerprint density at radius 2 is 1.73 bits per heavy atom. The van der Waals surface area contributed by atoms with E-state index >= 15 is 0 Å². The van der Waals surface area contributed by atoms with Crippen molar-refractivity contribution in [1.82, 2.24) is 5.32 Å². The van der Waals surface area contributed by atoms with Gasteiger partial charge in [0, 0.05) is 24.5 Å². The Morgan fingerprint density at radius 1 is 1.13 bits per heavy atom. The molecule has 1 aliphatic rings. The van der Waals surface area contributed by atoms with Gasteiger partial charge in [-0.2, -0.15) is 13.2 Å². The second kappa shape index (κ2) is 12.3. The van der Waals surface area contributed by atoms with Crippen molar-refractivity contribution >= 4 is 45.4 Å². The molecule has 1 aromatic carbocycles. The molecular weight excluding hydrogens is 451 g/mol. The number of carboxylic acids is 2. The highest BCUT2D eigenvalue weighted by Gasteiger charge is 2.38. The van der Waals surface area contributed by atoms with Crippen molar-refractivity contribution in [3.8, 4) is 0 Å². The maximum Gasteiger partial charge on any atom is 0.490 e. The highest BCUT2D eigenvalue weighted by molar-refractivity contribution is 8.76. The molecule has 0 aromatic heterocycles. The Balaban J connectivity index is 0.000000553. The van der Waals surface area contributed by atoms with Gasteiger partial charge in [0.1, 0.15) is 0 Å². The number of carbonyl (C=O) groups excluding carboxylic acids is 2. The number of carboxylic acid groups (broad SMARTS) is 2. The molecule has 0 bridgehead atoms. The number of esters is 1. The van der Waals surface area contributed by atoms with E-state index in [2.05, 4.69) is 5.32 Å². The molecule has 1 atom stereocenters. The number of rotatable bonds is 8. The van der Waals surface area contributed by atoms with Crippen LogP contribution < -0.4 is 5.32 Å². The third-order valence-electron chi connectivity index (χ3n) is 3.39. The minimum atomic E-state index is -5.08. The van der Waals surface area contributed by atoms with Gasteiger partial charge < -0.3 is 20.3 Å². The first-order valence-electron chi connectivity index (χ1n) is 8.35. The maximum absolute atomic E-state index is 12.0. The molecule has 8 nitrogen and oxygen atoms in total. The lowest BCUT2D eigenvalue weighted by atomic mass is 9.98. The molecule has 13 heteroatoms. The topological polar surface area (TPSA) is 130 Å². The number of nitrogens with one attached hydrogen (secondary N) is 1. The van der Waals surface area contributed by atoms with Crippen molar-refractivity contribution in [2.45, 2.75) is 25.1 Å². The molecule has 30 heavy (non-hydrogen) atoms. The summed E-state index contributed by atoms with van der Waals surface area (Å²) < 4.78 is 36.9. The van der Waals surface area contributed by atoms with Crippen molar-refractivity contribution in [3.05, 3.63) is 35.4 Å². The number of alkyl halides is 3. The lowest BCUT2D eigenvalue weighted by Gasteiger charge is -2.23. The lowest BCUT2D eigenvalue weighted by molar-refractivity contribution is -0.192. The fourth-order valence-electron chi connectivity index (χ4n) is 2.05. The molecule has 0 saturated carbocycles. The van der Waals surface area contributed by atoms with Crippen molar-refractivity contribution in [2.75, 3.05) is 18.1 Å². The van der Waals surface area contributed by atoms with Crippen molar-refractivity contribution in [1.29, 1.82) is 0 Å². The number of hydrogen-bond donors (Lipinski definition) is 3. The van der Waals surface area contributed by atoms with Crippen LogP contribution in [0.15, 0.2) is 24.3 Å². The molecule has 3 N–H and O–H groups in total. The molecule has 1 aromatic rings. The third kappa shape index (κ3) is 9.39. The van der Waals surface area contributed by atoms with Gasteiger partial charge in [0.15, 0.2) is 6.10 Å². The van der Waals surface area contributed by atoms with Crippen molar-refractivity contribution in [2.24, 2.45) is 0 Å². The van der Waals surface area contributed by atoms with Crippen LogP contribution in [0.1, 0.15) is 22.3 Å². The zero-order chi connectivity index (χ0) is 22.7. The summed E-state index contributed by atoms with van der Waals surface area (Å²) in [4.78, 5) is 43.1. The first kappa shape index (κ1) is 25.6. The summed E-state index contributed by atoms with van der Waals surface area (Å²) in [5, 5.41) is 18.4. The van der Waals surface area contributed by atoms with Gasteiger partial charge in [-0.15, -0.1) is 0 Å². The number of halogens is 3. The quantitative estimate of drug-likeness (QED) is 0.298. The summed E-state index contributed by atoms with van der Waals surface area (Å²) in [5.41, 5.74) is 1.34. The molecule has 0 aliphatic carbocycles. The highest BCUT2D eigenvalue weighted by Crippen LogP contribution is 2.22. The van der Waals surface area contributed by atoms with E-state index in [1.54, 1.807) is 12.1 Å².